The number of carbonyl (C=O) groups is 1. The zero-order chi connectivity index (χ0) is 17.4. The van der Waals surface area contributed by atoms with Gasteiger partial charge in [-0.2, -0.15) is 0 Å². The van der Waals surface area contributed by atoms with Gasteiger partial charge in [-0.15, -0.1) is 0 Å². The standard InChI is InChI=1S/C19H19FN2O2/c1-22(2)18-8-4-3-6-15(18)7-5-13-21-19(23)14-24-17-11-9-16(20)10-12-17/h3-4,6,8-12H,13-14H2,1-2H3,(H,21,23). The molecule has 0 aliphatic rings. The van der Waals surface area contributed by atoms with Crippen LogP contribution < -0.4 is 15.0 Å². The highest BCUT2D eigenvalue weighted by Gasteiger charge is 2.02. The maximum Gasteiger partial charge on any atom is 0.258 e. The van der Waals surface area contributed by atoms with Gasteiger partial charge in [0, 0.05) is 19.7 Å². The van der Waals surface area contributed by atoms with Crippen molar-refractivity contribution in [2.24, 2.45) is 0 Å². The number of anilines is 1. The largest absolute Gasteiger partial charge is 0.484 e. The minimum atomic E-state index is -0.347. The van der Waals surface area contributed by atoms with Gasteiger partial charge in [0.05, 0.1) is 12.2 Å². The van der Waals surface area contributed by atoms with Crippen LogP contribution in [-0.2, 0) is 4.79 Å². The molecule has 0 atom stereocenters. The first-order chi connectivity index (χ1) is 11.6. The Bertz CT molecular complexity index is 746. The normalized spacial score (nSPS) is 9.62. The SMILES string of the molecule is CN(C)c1ccccc1C#CCNC(=O)COc1ccc(F)cc1. The van der Waals surface area contributed by atoms with E-state index in [1.165, 1.54) is 24.3 Å². The Hall–Kier alpha value is -3.00. The van der Waals surface area contributed by atoms with E-state index in [1.54, 1.807) is 0 Å². The average Bonchev–Trinajstić information content (AvgIpc) is 2.58. The molecule has 0 aromatic heterocycles. The molecule has 2 rings (SSSR count). The minimum absolute atomic E-state index is 0.137. The average molecular weight is 326 g/mol. The number of hydrogen-bond acceptors (Lipinski definition) is 3. The van der Waals surface area contributed by atoms with E-state index in [0.29, 0.717) is 5.75 Å². The molecule has 0 fully saturated rings. The number of nitrogens with one attached hydrogen (secondary N) is 1. The molecule has 0 spiro atoms. The van der Waals surface area contributed by atoms with Crippen molar-refractivity contribution in [3.05, 3.63) is 59.9 Å². The van der Waals surface area contributed by atoms with Gasteiger partial charge in [0.25, 0.3) is 5.91 Å². The lowest BCUT2D eigenvalue weighted by atomic mass is 10.1. The number of halogens is 1. The summed E-state index contributed by atoms with van der Waals surface area (Å²) < 4.78 is 18.0. The van der Waals surface area contributed by atoms with Crippen molar-refractivity contribution < 1.29 is 13.9 Å². The third kappa shape index (κ3) is 5.33. The van der Waals surface area contributed by atoms with Crippen molar-refractivity contribution in [3.8, 4) is 17.6 Å². The van der Waals surface area contributed by atoms with Gasteiger partial charge < -0.3 is 15.0 Å². The van der Waals surface area contributed by atoms with Gasteiger partial charge in [0.1, 0.15) is 11.6 Å². The van der Waals surface area contributed by atoms with Crippen molar-refractivity contribution in [2.75, 3.05) is 32.1 Å². The number of carbonyl (C=O) groups excluding carboxylic acids is 1. The number of nitrogens with zero attached hydrogens (tertiary/aromatic N) is 1. The van der Waals surface area contributed by atoms with E-state index in [0.717, 1.165) is 11.3 Å². The van der Waals surface area contributed by atoms with E-state index in [9.17, 15) is 9.18 Å². The molecule has 24 heavy (non-hydrogen) atoms. The van der Waals surface area contributed by atoms with Crippen molar-refractivity contribution in [3.63, 3.8) is 0 Å². The van der Waals surface area contributed by atoms with Crippen LogP contribution in [0.4, 0.5) is 10.1 Å². The first kappa shape index (κ1) is 17.4. The van der Waals surface area contributed by atoms with Gasteiger partial charge in [0.15, 0.2) is 6.61 Å². The molecule has 0 unspecified atom stereocenters. The summed E-state index contributed by atoms with van der Waals surface area (Å²) in [5.74, 6) is 5.77. The van der Waals surface area contributed by atoms with E-state index in [1.807, 2.05) is 43.3 Å². The molecule has 4 nitrogen and oxygen atoms in total. The Morgan fingerprint density at radius 2 is 1.88 bits per heavy atom. The molecule has 0 aliphatic carbocycles. The van der Waals surface area contributed by atoms with Crippen molar-refractivity contribution in [2.45, 2.75) is 0 Å². The lowest BCUT2D eigenvalue weighted by molar-refractivity contribution is -0.122. The highest BCUT2D eigenvalue weighted by molar-refractivity contribution is 5.77. The predicted octanol–water partition coefficient (Wildman–Crippen LogP) is 2.44. The van der Waals surface area contributed by atoms with Crippen molar-refractivity contribution in [1.29, 1.82) is 0 Å². The smallest absolute Gasteiger partial charge is 0.258 e. The predicted molar refractivity (Wildman–Crippen MR) is 92.6 cm³/mol. The van der Waals surface area contributed by atoms with E-state index < -0.39 is 0 Å². The van der Waals surface area contributed by atoms with Crippen LogP contribution in [0.15, 0.2) is 48.5 Å². The Labute approximate surface area is 141 Å². The van der Waals surface area contributed by atoms with Crippen molar-refractivity contribution >= 4 is 11.6 Å². The Morgan fingerprint density at radius 3 is 2.58 bits per heavy atom. The van der Waals surface area contributed by atoms with Crippen LogP contribution in [0.1, 0.15) is 5.56 Å². The Balaban J connectivity index is 1.80. The summed E-state index contributed by atoms with van der Waals surface area (Å²) in [4.78, 5) is 13.7. The highest BCUT2D eigenvalue weighted by Crippen LogP contribution is 2.16. The molecule has 0 heterocycles. The summed E-state index contributed by atoms with van der Waals surface area (Å²) in [6, 6.07) is 13.3. The van der Waals surface area contributed by atoms with E-state index in [2.05, 4.69) is 17.2 Å². The van der Waals surface area contributed by atoms with Gasteiger partial charge in [-0.3, -0.25) is 4.79 Å². The molecule has 0 saturated heterocycles. The third-order valence-electron chi connectivity index (χ3n) is 3.17. The van der Waals surface area contributed by atoms with Crippen LogP contribution in [0.3, 0.4) is 0 Å². The molecule has 1 N–H and O–H groups in total. The van der Waals surface area contributed by atoms with E-state index in [4.69, 9.17) is 4.74 Å². The van der Waals surface area contributed by atoms with Crippen LogP contribution in [0.25, 0.3) is 0 Å². The number of amides is 1. The summed E-state index contributed by atoms with van der Waals surface area (Å²) in [5, 5.41) is 2.66. The fourth-order valence-electron chi connectivity index (χ4n) is 1.98. The lowest BCUT2D eigenvalue weighted by Crippen LogP contribution is -2.29. The van der Waals surface area contributed by atoms with Crippen LogP contribution >= 0.6 is 0 Å². The van der Waals surface area contributed by atoms with E-state index in [-0.39, 0.29) is 24.9 Å². The van der Waals surface area contributed by atoms with Crippen molar-refractivity contribution in [1.82, 2.24) is 5.32 Å². The van der Waals surface area contributed by atoms with Gasteiger partial charge >= 0.3 is 0 Å². The Morgan fingerprint density at radius 1 is 1.17 bits per heavy atom. The molecule has 2 aromatic carbocycles. The van der Waals surface area contributed by atoms with Crippen LogP contribution in [0.2, 0.25) is 0 Å². The molecule has 1 amide bonds. The minimum Gasteiger partial charge on any atom is -0.484 e. The van der Waals surface area contributed by atoms with Crippen LogP contribution in [0, 0.1) is 17.7 Å². The monoisotopic (exact) mass is 326 g/mol. The first-order valence-corrected chi connectivity index (χ1v) is 7.46. The second-order valence-electron chi connectivity index (χ2n) is 5.23. The molecule has 2 aromatic rings. The molecule has 0 saturated carbocycles. The zero-order valence-corrected chi connectivity index (χ0v) is 13.7. The summed E-state index contributed by atoms with van der Waals surface area (Å²) in [5.41, 5.74) is 1.93. The quantitative estimate of drug-likeness (QED) is 0.858. The number of benzene rings is 2. The summed E-state index contributed by atoms with van der Waals surface area (Å²) >= 11 is 0. The summed E-state index contributed by atoms with van der Waals surface area (Å²) in [6.45, 7) is 0.0922. The fraction of sp³-hybridized carbons (Fsp3) is 0.211. The van der Waals surface area contributed by atoms with Gasteiger partial charge in [-0.25, -0.2) is 4.39 Å². The summed E-state index contributed by atoms with van der Waals surface area (Å²) in [6.07, 6.45) is 0. The van der Waals surface area contributed by atoms with Gasteiger partial charge in [-0.1, -0.05) is 24.0 Å². The summed E-state index contributed by atoms with van der Waals surface area (Å²) in [7, 11) is 3.91. The maximum absolute atomic E-state index is 12.8. The maximum atomic E-state index is 12.8. The van der Waals surface area contributed by atoms with Gasteiger partial charge in [0.2, 0.25) is 0 Å². The van der Waals surface area contributed by atoms with Crippen LogP contribution in [-0.4, -0.2) is 33.2 Å². The molecule has 0 radical (unpaired) electrons. The molecule has 124 valence electrons. The molecular weight excluding hydrogens is 307 g/mol. The van der Waals surface area contributed by atoms with Gasteiger partial charge in [-0.05, 0) is 36.4 Å². The number of rotatable bonds is 5. The Kier molecular flexibility index (Phi) is 6.21. The van der Waals surface area contributed by atoms with Crippen LogP contribution in [0.5, 0.6) is 5.75 Å². The first-order valence-electron chi connectivity index (χ1n) is 7.46. The number of hydrogen-bond donors (Lipinski definition) is 1. The number of ether oxygens (including phenoxy) is 1. The molecular formula is C19H19FN2O2. The third-order valence-corrected chi connectivity index (χ3v) is 3.17. The molecule has 0 aliphatic heterocycles. The second-order valence-corrected chi connectivity index (χ2v) is 5.23. The molecule has 5 heteroatoms. The topological polar surface area (TPSA) is 41.6 Å². The lowest BCUT2D eigenvalue weighted by Gasteiger charge is -2.13. The number of para-hydroxylation sites is 1. The van der Waals surface area contributed by atoms with E-state index >= 15 is 0 Å². The zero-order valence-electron chi connectivity index (χ0n) is 13.7. The second kappa shape index (κ2) is 8.59. The fourth-order valence-corrected chi connectivity index (χ4v) is 1.98. The highest BCUT2D eigenvalue weighted by atomic mass is 19.1. The molecule has 0 bridgehead atoms.